The van der Waals surface area contributed by atoms with Crippen LogP contribution in [-0.4, -0.2) is 144 Å². The predicted octanol–water partition coefficient (Wildman–Crippen LogP) is 0.645. The van der Waals surface area contributed by atoms with E-state index in [0.29, 0.717) is 30.4 Å². The van der Waals surface area contributed by atoms with Crippen molar-refractivity contribution in [2.24, 2.45) is 5.73 Å². The number of ether oxygens (including phenoxy) is 1. The van der Waals surface area contributed by atoms with Crippen molar-refractivity contribution in [2.45, 2.75) is 115 Å². The molecule has 2 rings (SSSR count). The highest BCUT2D eigenvalue weighted by Crippen LogP contribution is 2.17. The lowest BCUT2D eigenvalue weighted by Gasteiger charge is -2.27. The van der Waals surface area contributed by atoms with Crippen molar-refractivity contribution in [1.82, 2.24) is 36.4 Å². The third-order valence-corrected chi connectivity index (χ3v) is 8.55. The Kier molecular flexibility index (Phi) is 26.1. The number of hydrogen-bond donors (Lipinski definition) is 10. The van der Waals surface area contributed by atoms with Crippen LogP contribution in [0.5, 0.6) is 0 Å². The first-order chi connectivity index (χ1) is 27.6. The average molecular weight is 870 g/mol. The van der Waals surface area contributed by atoms with Gasteiger partial charge in [0.2, 0.25) is 11.8 Å². The number of halogens is 1. The summed E-state index contributed by atoms with van der Waals surface area (Å²) in [6.45, 7) is 8.47. The van der Waals surface area contributed by atoms with E-state index >= 15 is 0 Å². The van der Waals surface area contributed by atoms with Crippen LogP contribution in [0.1, 0.15) is 83.5 Å². The topological polar surface area (TPSA) is 268 Å². The fourth-order valence-corrected chi connectivity index (χ4v) is 5.48. The van der Waals surface area contributed by atoms with Crippen molar-refractivity contribution in [3.8, 4) is 0 Å². The number of hydrogen-bond acceptors (Lipinski definition) is 13. The second kappa shape index (κ2) is 28.2. The highest BCUT2D eigenvalue weighted by atomic mass is 35.5. The number of alkyl carbamates (subject to hydrolysis) is 1. The van der Waals surface area contributed by atoms with Gasteiger partial charge in [0.25, 0.3) is 11.8 Å². The van der Waals surface area contributed by atoms with Crippen LogP contribution >= 0.6 is 12.4 Å². The number of carbonyl (C=O) groups is 5. The Labute approximate surface area is 360 Å². The highest BCUT2D eigenvalue weighted by molar-refractivity contribution is 5.85. The van der Waals surface area contributed by atoms with Gasteiger partial charge in [-0.3, -0.25) is 29.8 Å². The minimum Gasteiger partial charge on any atom is -0.444 e. The summed E-state index contributed by atoms with van der Waals surface area (Å²) >= 11 is 0. The number of likely N-dealkylation sites (N-methyl/N-ethyl adjacent to an activating group) is 2. The summed E-state index contributed by atoms with van der Waals surface area (Å²) in [5.74, 6) is -1.91. The lowest BCUT2D eigenvalue weighted by molar-refractivity contribution is -0.133. The molecular formula is C41H69ClN8O10. The Hall–Kier alpha value is -4.40. The maximum absolute atomic E-state index is 12.6. The Morgan fingerprint density at radius 1 is 0.667 bits per heavy atom. The summed E-state index contributed by atoms with van der Waals surface area (Å²) < 4.78 is 5.19. The minimum atomic E-state index is -1.54. The monoisotopic (exact) mass is 868 g/mol. The fourth-order valence-electron chi connectivity index (χ4n) is 5.48. The van der Waals surface area contributed by atoms with Gasteiger partial charge in [-0.2, -0.15) is 0 Å². The Balaban J connectivity index is 0.00000117. The molecular weight excluding hydrogens is 800 g/mol. The molecule has 0 saturated carbocycles. The number of aliphatic hydroxyl groups is 4. The molecule has 2 aromatic carbocycles. The number of nitrogens with zero attached hydrogens (tertiary/aromatic N) is 2. The van der Waals surface area contributed by atoms with Gasteiger partial charge >= 0.3 is 6.09 Å². The first-order valence-electron chi connectivity index (χ1n) is 19.7. The molecule has 0 aliphatic carbocycles. The van der Waals surface area contributed by atoms with Crippen molar-refractivity contribution in [1.29, 1.82) is 0 Å². The first kappa shape index (κ1) is 55.6. The van der Waals surface area contributed by atoms with Crippen LogP contribution in [0.2, 0.25) is 0 Å². The molecule has 11 N–H and O–H groups in total. The zero-order valence-electron chi connectivity index (χ0n) is 36.3. The van der Waals surface area contributed by atoms with E-state index in [1.807, 2.05) is 26.0 Å². The smallest absolute Gasteiger partial charge is 0.407 e. The fraction of sp³-hybridized carbons (Fsp3) is 0.585. The molecule has 19 heteroatoms. The maximum Gasteiger partial charge on any atom is 0.407 e. The van der Waals surface area contributed by atoms with Crippen LogP contribution in [0, 0.1) is 0 Å². The van der Waals surface area contributed by atoms with Crippen molar-refractivity contribution >= 4 is 42.1 Å². The number of nitrogens with two attached hydrogens (primary N) is 1. The summed E-state index contributed by atoms with van der Waals surface area (Å²) in [7, 11) is 6.46. The average Bonchev–Trinajstić information content (AvgIpc) is 3.19. The molecule has 0 saturated heterocycles. The van der Waals surface area contributed by atoms with Crippen LogP contribution in [0.25, 0.3) is 0 Å². The lowest BCUT2D eigenvalue weighted by Crippen LogP contribution is -2.53. The Morgan fingerprint density at radius 3 is 1.40 bits per heavy atom. The van der Waals surface area contributed by atoms with Crippen molar-refractivity contribution < 1.29 is 49.1 Å². The molecule has 0 radical (unpaired) electrons. The van der Waals surface area contributed by atoms with Gasteiger partial charge in [-0.15, -0.1) is 12.4 Å². The predicted molar refractivity (Wildman–Crippen MR) is 230 cm³/mol. The Bertz CT molecular complexity index is 1570. The van der Waals surface area contributed by atoms with Crippen molar-refractivity contribution in [2.75, 3.05) is 41.3 Å². The van der Waals surface area contributed by atoms with Gasteiger partial charge in [0, 0.05) is 34.2 Å². The van der Waals surface area contributed by atoms with E-state index in [2.05, 4.69) is 26.6 Å². The van der Waals surface area contributed by atoms with E-state index in [1.54, 1.807) is 97.5 Å². The summed E-state index contributed by atoms with van der Waals surface area (Å²) in [6, 6.07) is 14.8. The van der Waals surface area contributed by atoms with Crippen LogP contribution in [0.4, 0.5) is 4.79 Å². The SMILES string of the molecule is CCCC(N)C(O)C(=O)NC[C@@H](O)N[C@H](C(=O)N(C)C)c1ccccc1.CCCC(NC(=O)OC(C)(C)C)C(O)C(=O)NC[C@@H](O)N[C@H](C(=O)N(C)C)c1ccccc1.Cl. The number of benzene rings is 2. The third-order valence-electron chi connectivity index (χ3n) is 8.55. The third kappa shape index (κ3) is 20.7. The highest BCUT2D eigenvalue weighted by Gasteiger charge is 2.31. The summed E-state index contributed by atoms with van der Waals surface area (Å²) in [5.41, 5.74) is 6.36. The Morgan fingerprint density at radius 2 is 1.05 bits per heavy atom. The van der Waals surface area contributed by atoms with E-state index in [1.165, 1.54) is 9.80 Å². The molecule has 2 aromatic rings. The molecule has 0 spiro atoms. The van der Waals surface area contributed by atoms with E-state index in [-0.39, 0.29) is 37.3 Å². The minimum absolute atomic E-state index is 0. The molecule has 60 heavy (non-hydrogen) atoms. The molecule has 0 aliphatic rings. The number of aliphatic hydroxyl groups excluding tert-OH is 4. The van der Waals surface area contributed by atoms with E-state index < -0.39 is 72.3 Å². The maximum atomic E-state index is 12.6. The lowest BCUT2D eigenvalue weighted by atomic mass is 10.0. The molecule has 4 unspecified atom stereocenters. The number of rotatable bonds is 21. The van der Waals surface area contributed by atoms with Crippen LogP contribution in [0.15, 0.2) is 60.7 Å². The normalized spacial score (nSPS) is 15.0. The van der Waals surface area contributed by atoms with E-state index in [0.717, 1.165) is 6.42 Å². The quantitative estimate of drug-likeness (QED) is 0.0774. The van der Waals surface area contributed by atoms with Gasteiger partial charge < -0.3 is 56.6 Å². The van der Waals surface area contributed by atoms with Crippen LogP contribution in [-0.2, 0) is 23.9 Å². The summed E-state index contributed by atoms with van der Waals surface area (Å²) in [6.07, 6.45) is -3.83. The van der Waals surface area contributed by atoms with Gasteiger partial charge in [-0.25, -0.2) is 4.79 Å². The molecule has 0 bridgehead atoms. The molecule has 0 aromatic heterocycles. The van der Waals surface area contributed by atoms with Gasteiger partial charge in [0.15, 0.2) is 6.10 Å². The van der Waals surface area contributed by atoms with Gasteiger partial charge in [-0.1, -0.05) is 87.4 Å². The van der Waals surface area contributed by atoms with Gasteiger partial charge in [0.05, 0.1) is 19.1 Å². The van der Waals surface area contributed by atoms with Gasteiger partial charge in [0.1, 0.15) is 36.2 Å². The van der Waals surface area contributed by atoms with Gasteiger partial charge in [-0.05, 0) is 44.7 Å². The standard InChI is InChI=1S/C23H38N4O6.C18H30N4O4.ClH/c1-7-11-16(25-22(32)33-23(2,3)4)19(29)20(30)24-14-17(28)26-18(21(31)27(5)6)15-12-9-8-10-13-15;1-4-8-13(19)16(24)17(25)20-11-14(23)21-15(18(26)22(2)3)12-9-6-5-7-10-12;/h8-10,12-13,16-19,26,28-29H,7,11,14H2,1-6H3,(H,24,30)(H,25,32);5-7,9-10,13-16,21,23-24H,4,8,11,19H2,1-3H3,(H,20,25);1H/t16?,17-,18+,19?;13?,14-,15+,16?;/m11./s1. The van der Waals surface area contributed by atoms with Crippen LogP contribution in [0.3, 0.4) is 0 Å². The number of nitrogens with one attached hydrogen (secondary N) is 5. The first-order valence-corrected chi connectivity index (χ1v) is 19.7. The molecule has 0 aliphatic heterocycles. The molecule has 340 valence electrons. The van der Waals surface area contributed by atoms with Crippen LogP contribution < -0.4 is 32.3 Å². The second-order valence-corrected chi connectivity index (χ2v) is 15.4. The van der Waals surface area contributed by atoms with Crippen molar-refractivity contribution in [3.05, 3.63) is 71.8 Å². The molecule has 18 nitrogen and oxygen atoms in total. The molecule has 8 atom stereocenters. The number of carbonyl (C=O) groups excluding carboxylic acids is 5. The second-order valence-electron chi connectivity index (χ2n) is 15.4. The number of amides is 5. The van der Waals surface area contributed by atoms with E-state index in [9.17, 15) is 44.4 Å². The van der Waals surface area contributed by atoms with E-state index in [4.69, 9.17) is 10.5 Å². The largest absolute Gasteiger partial charge is 0.444 e. The summed E-state index contributed by atoms with van der Waals surface area (Å²) in [5, 5.41) is 53.9. The van der Waals surface area contributed by atoms with Crippen molar-refractivity contribution in [3.63, 3.8) is 0 Å². The molecule has 0 heterocycles. The zero-order valence-corrected chi connectivity index (χ0v) is 37.1. The summed E-state index contributed by atoms with van der Waals surface area (Å²) in [4.78, 5) is 64.2. The molecule has 0 fully saturated rings. The molecule has 5 amide bonds. The zero-order chi connectivity index (χ0) is 44.9.